The third-order valence-corrected chi connectivity index (χ3v) is 4.93. The van der Waals surface area contributed by atoms with Crippen LogP contribution < -0.4 is 5.56 Å². The van der Waals surface area contributed by atoms with Crippen LogP contribution >= 0.6 is 0 Å². The van der Waals surface area contributed by atoms with Crippen LogP contribution in [0.2, 0.25) is 0 Å². The minimum absolute atomic E-state index is 0.192. The lowest BCUT2D eigenvalue weighted by molar-refractivity contribution is 0.761. The molecule has 29 heavy (non-hydrogen) atoms. The molecule has 0 unspecified atom stereocenters. The Morgan fingerprint density at radius 2 is 1.69 bits per heavy atom. The number of aromatic amines is 2. The number of fused-ring (bicyclic) bond motifs is 1. The summed E-state index contributed by atoms with van der Waals surface area (Å²) in [6.45, 7) is 2.43. The van der Waals surface area contributed by atoms with Gasteiger partial charge < -0.3 is 4.57 Å². The van der Waals surface area contributed by atoms with Crippen LogP contribution in [0, 0.1) is 6.92 Å². The number of benzene rings is 2. The fourth-order valence-corrected chi connectivity index (χ4v) is 3.57. The highest BCUT2D eigenvalue weighted by molar-refractivity contribution is 5.83. The first-order valence-electron chi connectivity index (χ1n) is 9.30. The number of H-pyrrole nitrogens is 2. The molecule has 7 nitrogen and oxygen atoms in total. The van der Waals surface area contributed by atoms with Crippen molar-refractivity contribution in [3.05, 3.63) is 88.7 Å². The van der Waals surface area contributed by atoms with Gasteiger partial charge in [0.1, 0.15) is 5.69 Å². The molecule has 3 heterocycles. The molecular weight excluding hydrogens is 364 g/mol. The molecule has 2 aromatic carbocycles. The van der Waals surface area contributed by atoms with E-state index >= 15 is 0 Å². The van der Waals surface area contributed by atoms with Gasteiger partial charge in [-0.05, 0) is 19.1 Å². The molecule has 3 aromatic heterocycles. The SMILES string of the molecule is Cc1cc(-c2c(-c3ccccc3)ncn2Cc2n[nH]c(=O)c3ccccc23)n[nH]1. The normalized spacial score (nSPS) is 11.2. The second-order valence-corrected chi connectivity index (χ2v) is 6.92. The summed E-state index contributed by atoms with van der Waals surface area (Å²) in [5.74, 6) is 0. The molecule has 0 aliphatic rings. The molecule has 2 N–H and O–H groups in total. The van der Waals surface area contributed by atoms with Gasteiger partial charge in [0.25, 0.3) is 5.56 Å². The van der Waals surface area contributed by atoms with Crippen LogP contribution in [0.1, 0.15) is 11.4 Å². The van der Waals surface area contributed by atoms with Gasteiger partial charge in [-0.25, -0.2) is 10.1 Å². The van der Waals surface area contributed by atoms with E-state index in [1.807, 2.05) is 66.1 Å². The molecule has 0 aliphatic heterocycles. The lowest BCUT2D eigenvalue weighted by Crippen LogP contribution is -2.13. The first-order valence-corrected chi connectivity index (χ1v) is 9.30. The highest BCUT2D eigenvalue weighted by Gasteiger charge is 2.18. The molecular formula is C22H18N6O. The van der Waals surface area contributed by atoms with E-state index in [1.54, 1.807) is 12.4 Å². The van der Waals surface area contributed by atoms with E-state index in [4.69, 9.17) is 0 Å². The molecule has 0 amide bonds. The van der Waals surface area contributed by atoms with Crippen molar-refractivity contribution in [1.82, 2.24) is 29.9 Å². The molecule has 5 aromatic rings. The summed E-state index contributed by atoms with van der Waals surface area (Å²) < 4.78 is 2.02. The van der Waals surface area contributed by atoms with Crippen molar-refractivity contribution >= 4 is 10.8 Å². The van der Waals surface area contributed by atoms with Gasteiger partial charge in [-0.1, -0.05) is 48.5 Å². The minimum atomic E-state index is -0.192. The fourth-order valence-electron chi connectivity index (χ4n) is 3.57. The number of rotatable bonds is 4. The number of hydrogen-bond donors (Lipinski definition) is 2. The molecule has 0 spiro atoms. The second kappa shape index (κ2) is 6.87. The molecule has 0 saturated carbocycles. The van der Waals surface area contributed by atoms with Crippen LogP contribution in [-0.2, 0) is 6.54 Å². The third-order valence-electron chi connectivity index (χ3n) is 4.93. The Morgan fingerprint density at radius 1 is 0.931 bits per heavy atom. The predicted octanol–water partition coefficient (Wildman–Crippen LogP) is 3.53. The summed E-state index contributed by atoms with van der Waals surface area (Å²) in [5.41, 5.74) is 5.13. The second-order valence-electron chi connectivity index (χ2n) is 6.92. The summed E-state index contributed by atoms with van der Waals surface area (Å²) in [5, 5.41) is 15.8. The van der Waals surface area contributed by atoms with E-state index in [2.05, 4.69) is 25.4 Å². The standard InChI is InChI=1S/C22H18N6O/c1-14-11-18(25-24-14)21-20(15-7-3-2-4-8-15)23-13-28(21)12-19-16-9-5-6-10-17(16)22(29)27-26-19/h2-11,13H,12H2,1H3,(H,24,25)(H,27,29). The lowest BCUT2D eigenvalue weighted by Gasteiger charge is -2.10. The molecule has 0 aliphatic carbocycles. The van der Waals surface area contributed by atoms with Gasteiger partial charge in [0.05, 0.1) is 35.3 Å². The van der Waals surface area contributed by atoms with E-state index in [-0.39, 0.29) is 5.56 Å². The van der Waals surface area contributed by atoms with Gasteiger partial charge in [0, 0.05) is 16.6 Å². The number of aryl methyl sites for hydroxylation is 1. The van der Waals surface area contributed by atoms with Gasteiger partial charge in [-0.2, -0.15) is 10.2 Å². The predicted molar refractivity (Wildman–Crippen MR) is 111 cm³/mol. The molecule has 0 bridgehead atoms. The Morgan fingerprint density at radius 3 is 2.45 bits per heavy atom. The molecule has 5 rings (SSSR count). The minimum Gasteiger partial charge on any atom is -0.323 e. The van der Waals surface area contributed by atoms with Gasteiger partial charge in [-0.3, -0.25) is 9.89 Å². The van der Waals surface area contributed by atoms with E-state index in [0.29, 0.717) is 11.9 Å². The Labute approximate surface area is 166 Å². The number of hydrogen-bond acceptors (Lipinski definition) is 4. The van der Waals surface area contributed by atoms with Gasteiger partial charge >= 0.3 is 0 Å². The Balaban J connectivity index is 1.68. The molecule has 142 valence electrons. The van der Waals surface area contributed by atoms with E-state index < -0.39 is 0 Å². The molecule has 0 radical (unpaired) electrons. The number of imidazole rings is 1. The molecule has 0 atom stereocenters. The quantitative estimate of drug-likeness (QED) is 0.497. The first kappa shape index (κ1) is 17.1. The zero-order valence-electron chi connectivity index (χ0n) is 15.8. The van der Waals surface area contributed by atoms with Crippen LogP contribution in [0.25, 0.3) is 33.4 Å². The first-order chi connectivity index (χ1) is 14.2. The Kier molecular flexibility index (Phi) is 4.05. The maximum Gasteiger partial charge on any atom is 0.272 e. The van der Waals surface area contributed by atoms with Crippen molar-refractivity contribution in [1.29, 1.82) is 0 Å². The molecule has 0 saturated heterocycles. The largest absolute Gasteiger partial charge is 0.323 e. The summed E-state index contributed by atoms with van der Waals surface area (Å²) in [6, 6.07) is 19.5. The summed E-state index contributed by atoms with van der Waals surface area (Å²) in [7, 11) is 0. The maximum absolute atomic E-state index is 12.1. The highest BCUT2D eigenvalue weighted by Crippen LogP contribution is 2.31. The third kappa shape index (κ3) is 3.02. The van der Waals surface area contributed by atoms with Crippen molar-refractivity contribution in [3.63, 3.8) is 0 Å². The van der Waals surface area contributed by atoms with Crippen LogP contribution in [0.5, 0.6) is 0 Å². The Bertz CT molecular complexity index is 1360. The number of nitrogens with one attached hydrogen (secondary N) is 2. The van der Waals surface area contributed by atoms with Gasteiger partial charge in [0.15, 0.2) is 0 Å². The van der Waals surface area contributed by atoms with E-state index in [0.717, 1.165) is 39.4 Å². The van der Waals surface area contributed by atoms with Crippen molar-refractivity contribution < 1.29 is 0 Å². The summed E-state index contributed by atoms with van der Waals surface area (Å²) >= 11 is 0. The zero-order valence-corrected chi connectivity index (χ0v) is 15.8. The van der Waals surface area contributed by atoms with E-state index in [1.165, 1.54) is 0 Å². The van der Waals surface area contributed by atoms with E-state index in [9.17, 15) is 4.79 Å². The topological polar surface area (TPSA) is 92.2 Å². The number of nitrogens with zero attached hydrogens (tertiary/aromatic N) is 4. The van der Waals surface area contributed by atoms with Crippen LogP contribution in [-0.4, -0.2) is 29.9 Å². The maximum atomic E-state index is 12.1. The van der Waals surface area contributed by atoms with Crippen LogP contribution in [0.4, 0.5) is 0 Å². The average Bonchev–Trinajstić information content (AvgIpc) is 3.37. The zero-order chi connectivity index (χ0) is 19.8. The van der Waals surface area contributed by atoms with Gasteiger partial charge in [-0.15, -0.1) is 0 Å². The van der Waals surface area contributed by atoms with Crippen molar-refractivity contribution in [2.24, 2.45) is 0 Å². The smallest absolute Gasteiger partial charge is 0.272 e. The van der Waals surface area contributed by atoms with Crippen molar-refractivity contribution in [2.75, 3.05) is 0 Å². The fraction of sp³-hybridized carbons (Fsp3) is 0.0909. The van der Waals surface area contributed by atoms with Gasteiger partial charge in [0.2, 0.25) is 0 Å². The lowest BCUT2D eigenvalue weighted by atomic mass is 10.1. The van der Waals surface area contributed by atoms with Crippen LogP contribution in [0.3, 0.4) is 0 Å². The number of aromatic nitrogens is 6. The monoisotopic (exact) mass is 382 g/mol. The highest BCUT2D eigenvalue weighted by atomic mass is 16.1. The Hall–Kier alpha value is -4.00. The molecule has 0 fully saturated rings. The van der Waals surface area contributed by atoms with Crippen molar-refractivity contribution in [2.45, 2.75) is 13.5 Å². The van der Waals surface area contributed by atoms with Crippen molar-refractivity contribution in [3.8, 4) is 22.6 Å². The summed E-state index contributed by atoms with van der Waals surface area (Å²) in [6.07, 6.45) is 1.79. The average molecular weight is 382 g/mol. The summed E-state index contributed by atoms with van der Waals surface area (Å²) in [4.78, 5) is 16.8. The van der Waals surface area contributed by atoms with Crippen LogP contribution in [0.15, 0.2) is 71.8 Å². The molecule has 7 heteroatoms.